The molecule has 0 heterocycles. The molecule has 2 unspecified atom stereocenters. The molecule has 0 bridgehead atoms. The van der Waals surface area contributed by atoms with Crippen molar-refractivity contribution in [2.75, 3.05) is 26.2 Å². The first kappa shape index (κ1) is 19.0. The van der Waals surface area contributed by atoms with E-state index in [1.807, 2.05) is 0 Å². The van der Waals surface area contributed by atoms with Crippen molar-refractivity contribution in [1.29, 1.82) is 0 Å². The molecule has 1 aliphatic carbocycles. The lowest BCUT2D eigenvalue weighted by molar-refractivity contribution is 0.0215. The van der Waals surface area contributed by atoms with E-state index >= 15 is 0 Å². The highest BCUT2D eigenvalue weighted by atomic mass is 16.3. The van der Waals surface area contributed by atoms with E-state index in [0.717, 1.165) is 24.3 Å². The second kappa shape index (κ2) is 9.15. The normalized spacial score (nSPS) is 27.0. The Morgan fingerprint density at radius 2 is 1.67 bits per heavy atom. The molecule has 0 amide bonds. The van der Waals surface area contributed by atoms with Gasteiger partial charge in [-0.1, -0.05) is 47.5 Å². The van der Waals surface area contributed by atoms with Crippen LogP contribution in [0.5, 0.6) is 0 Å². The lowest BCUT2D eigenvalue weighted by Gasteiger charge is -2.42. The molecule has 2 heteroatoms. The van der Waals surface area contributed by atoms with E-state index < -0.39 is 0 Å². The molecule has 0 radical (unpaired) electrons. The van der Waals surface area contributed by atoms with Crippen LogP contribution in [0.4, 0.5) is 0 Å². The van der Waals surface area contributed by atoms with Crippen LogP contribution in [0.2, 0.25) is 0 Å². The SMILES string of the molecule is CC(C)CCN(CCC(C)C)CC1(CO)CCCC(C)C1. The summed E-state index contributed by atoms with van der Waals surface area (Å²) in [6, 6.07) is 0. The van der Waals surface area contributed by atoms with Crippen molar-refractivity contribution in [2.45, 2.75) is 73.1 Å². The highest BCUT2D eigenvalue weighted by molar-refractivity contribution is 4.88. The lowest BCUT2D eigenvalue weighted by Crippen LogP contribution is -2.44. The van der Waals surface area contributed by atoms with Crippen LogP contribution < -0.4 is 0 Å². The molecule has 21 heavy (non-hydrogen) atoms. The fraction of sp³-hybridized carbons (Fsp3) is 1.00. The zero-order valence-electron chi connectivity index (χ0n) is 15.2. The van der Waals surface area contributed by atoms with Crippen LogP contribution in [0.25, 0.3) is 0 Å². The first-order chi connectivity index (χ1) is 9.87. The van der Waals surface area contributed by atoms with Crippen molar-refractivity contribution >= 4 is 0 Å². The molecule has 0 aromatic rings. The van der Waals surface area contributed by atoms with E-state index in [-0.39, 0.29) is 5.41 Å². The number of aliphatic hydroxyl groups excluding tert-OH is 1. The minimum atomic E-state index is 0.172. The Morgan fingerprint density at radius 3 is 2.10 bits per heavy atom. The average molecular weight is 298 g/mol. The molecule has 0 aromatic carbocycles. The van der Waals surface area contributed by atoms with E-state index in [1.165, 1.54) is 51.6 Å². The highest BCUT2D eigenvalue weighted by Crippen LogP contribution is 2.39. The van der Waals surface area contributed by atoms with Gasteiger partial charge in [0.15, 0.2) is 0 Å². The molecule has 1 rings (SSSR count). The van der Waals surface area contributed by atoms with Crippen molar-refractivity contribution in [3.8, 4) is 0 Å². The molecular formula is C19H39NO. The summed E-state index contributed by atoms with van der Waals surface area (Å²) in [5.41, 5.74) is 0.172. The number of hydrogen-bond donors (Lipinski definition) is 1. The molecule has 1 saturated carbocycles. The largest absolute Gasteiger partial charge is 0.396 e. The average Bonchev–Trinajstić information content (AvgIpc) is 2.41. The predicted molar refractivity (Wildman–Crippen MR) is 92.5 cm³/mol. The van der Waals surface area contributed by atoms with Crippen LogP contribution in [0.3, 0.4) is 0 Å². The summed E-state index contributed by atoms with van der Waals surface area (Å²) in [5, 5.41) is 10.0. The molecule has 2 atom stereocenters. The molecular weight excluding hydrogens is 258 g/mol. The Balaban J connectivity index is 2.62. The first-order valence-electron chi connectivity index (χ1n) is 9.20. The van der Waals surface area contributed by atoms with Crippen LogP contribution in [0.15, 0.2) is 0 Å². The maximum Gasteiger partial charge on any atom is 0.0499 e. The molecule has 2 nitrogen and oxygen atoms in total. The summed E-state index contributed by atoms with van der Waals surface area (Å²) in [7, 11) is 0. The van der Waals surface area contributed by atoms with Crippen LogP contribution in [-0.2, 0) is 0 Å². The van der Waals surface area contributed by atoms with Crippen LogP contribution in [0.1, 0.15) is 73.1 Å². The van der Waals surface area contributed by atoms with Gasteiger partial charge in [0, 0.05) is 18.6 Å². The van der Waals surface area contributed by atoms with Crippen molar-refractivity contribution in [3.05, 3.63) is 0 Å². The van der Waals surface area contributed by atoms with E-state index in [1.54, 1.807) is 0 Å². The van der Waals surface area contributed by atoms with E-state index in [2.05, 4.69) is 39.5 Å². The minimum absolute atomic E-state index is 0.172. The van der Waals surface area contributed by atoms with Gasteiger partial charge in [0.1, 0.15) is 0 Å². The number of rotatable bonds is 9. The summed E-state index contributed by atoms with van der Waals surface area (Å²) in [4.78, 5) is 2.65. The van der Waals surface area contributed by atoms with Gasteiger partial charge in [0.2, 0.25) is 0 Å². The summed E-state index contributed by atoms with van der Waals surface area (Å²) >= 11 is 0. The van der Waals surface area contributed by atoms with Crippen LogP contribution >= 0.6 is 0 Å². The standard InChI is InChI=1S/C19H39NO/c1-16(2)8-11-20(12-9-17(3)4)14-19(15-21)10-6-7-18(5)13-19/h16-18,21H,6-15H2,1-5H3. The Hall–Kier alpha value is -0.0800. The Kier molecular flexibility index (Phi) is 8.26. The molecule has 1 aliphatic rings. The van der Waals surface area contributed by atoms with Gasteiger partial charge in [0.25, 0.3) is 0 Å². The summed E-state index contributed by atoms with van der Waals surface area (Å²) in [6.45, 7) is 15.5. The minimum Gasteiger partial charge on any atom is -0.396 e. The van der Waals surface area contributed by atoms with Gasteiger partial charge in [-0.25, -0.2) is 0 Å². The predicted octanol–water partition coefficient (Wildman–Crippen LogP) is 4.57. The van der Waals surface area contributed by atoms with Crippen molar-refractivity contribution in [3.63, 3.8) is 0 Å². The Morgan fingerprint density at radius 1 is 1.10 bits per heavy atom. The molecule has 1 fully saturated rings. The maximum atomic E-state index is 10.0. The van der Waals surface area contributed by atoms with Crippen LogP contribution in [0, 0.1) is 23.2 Å². The third-order valence-electron chi connectivity index (χ3n) is 5.13. The summed E-state index contributed by atoms with van der Waals surface area (Å²) in [6.07, 6.45) is 7.62. The number of aliphatic hydroxyl groups is 1. The topological polar surface area (TPSA) is 23.5 Å². The van der Waals surface area contributed by atoms with Crippen LogP contribution in [-0.4, -0.2) is 36.2 Å². The first-order valence-corrected chi connectivity index (χ1v) is 9.20. The van der Waals surface area contributed by atoms with Gasteiger partial charge >= 0.3 is 0 Å². The molecule has 1 N–H and O–H groups in total. The Labute approximate surface area is 133 Å². The summed E-state index contributed by atoms with van der Waals surface area (Å²) in [5.74, 6) is 2.31. The third kappa shape index (κ3) is 7.15. The molecule has 126 valence electrons. The van der Waals surface area contributed by atoms with Gasteiger partial charge in [-0.15, -0.1) is 0 Å². The maximum absolute atomic E-state index is 10.0. The van der Waals surface area contributed by atoms with E-state index in [9.17, 15) is 5.11 Å². The molecule has 0 aromatic heterocycles. The van der Waals surface area contributed by atoms with Gasteiger partial charge in [0.05, 0.1) is 0 Å². The molecule has 0 spiro atoms. The van der Waals surface area contributed by atoms with Gasteiger partial charge in [-0.05, 0) is 56.5 Å². The smallest absolute Gasteiger partial charge is 0.0499 e. The molecule has 0 aliphatic heterocycles. The summed E-state index contributed by atoms with van der Waals surface area (Å²) < 4.78 is 0. The van der Waals surface area contributed by atoms with Gasteiger partial charge < -0.3 is 10.0 Å². The fourth-order valence-corrected chi connectivity index (χ4v) is 3.73. The van der Waals surface area contributed by atoms with Gasteiger partial charge in [-0.2, -0.15) is 0 Å². The highest BCUT2D eigenvalue weighted by Gasteiger charge is 2.35. The van der Waals surface area contributed by atoms with Crippen molar-refractivity contribution in [2.24, 2.45) is 23.2 Å². The van der Waals surface area contributed by atoms with Crippen molar-refractivity contribution in [1.82, 2.24) is 4.90 Å². The Bertz CT molecular complexity index is 265. The fourth-order valence-electron chi connectivity index (χ4n) is 3.73. The number of hydrogen-bond acceptors (Lipinski definition) is 2. The third-order valence-corrected chi connectivity index (χ3v) is 5.13. The number of nitrogens with zero attached hydrogens (tertiary/aromatic N) is 1. The van der Waals surface area contributed by atoms with E-state index in [0.29, 0.717) is 6.61 Å². The lowest BCUT2D eigenvalue weighted by atomic mass is 9.70. The van der Waals surface area contributed by atoms with Crippen molar-refractivity contribution < 1.29 is 5.11 Å². The zero-order chi connectivity index (χ0) is 15.9. The second-order valence-electron chi connectivity index (χ2n) is 8.50. The van der Waals surface area contributed by atoms with Gasteiger partial charge in [-0.3, -0.25) is 0 Å². The monoisotopic (exact) mass is 297 g/mol. The quantitative estimate of drug-likeness (QED) is 0.674. The molecule has 0 saturated heterocycles. The zero-order valence-corrected chi connectivity index (χ0v) is 15.2. The van der Waals surface area contributed by atoms with E-state index in [4.69, 9.17) is 0 Å². The second-order valence-corrected chi connectivity index (χ2v) is 8.50.